The highest BCUT2D eigenvalue weighted by Crippen LogP contribution is 2.30. The minimum absolute atomic E-state index is 0.322. The molecule has 1 amide bonds. The average molecular weight is 468 g/mol. The molecule has 2 saturated carbocycles. The number of rotatable bonds is 9. The summed E-state index contributed by atoms with van der Waals surface area (Å²) < 4.78 is 2.33. The van der Waals surface area contributed by atoms with E-state index < -0.39 is 12.0 Å². The van der Waals surface area contributed by atoms with E-state index in [9.17, 15) is 14.7 Å². The molecule has 2 aliphatic carbocycles. The quantitative estimate of drug-likeness (QED) is 0.476. The predicted molar refractivity (Wildman–Crippen MR) is 135 cm³/mol. The molecule has 0 radical (unpaired) electrons. The largest absolute Gasteiger partial charge is 0.480 e. The van der Waals surface area contributed by atoms with Gasteiger partial charge >= 0.3 is 5.97 Å². The number of amides is 1. The third kappa shape index (κ3) is 6.19. The molecule has 2 aromatic rings. The Balaban J connectivity index is 1.52. The second-order valence-electron chi connectivity index (χ2n) is 11.0. The second-order valence-corrected chi connectivity index (χ2v) is 11.0. The fourth-order valence-electron chi connectivity index (χ4n) is 5.91. The number of hydrogen-bond donors (Lipinski definition) is 2. The lowest BCUT2D eigenvalue weighted by Gasteiger charge is -2.25. The van der Waals surface area contributed by atoms with Crippen molar-refractivity contribution < 1.29 is 14.7 Å². The monoisotopic (exact) mass is 467 g/mol. The van der Waals surface area contributed by atoms with Crippen LogP contribution in [0.2, 0.25) is 0 Å². The molecule has 0 bridgehead atoms. The van der Waals surface area contributed by atoms with Gasteiger partial charge in [0.25, 0.3) is 5.91 Å². The number of carbonyl (C=O) groups excluding carboxylic acids is 1. The summed E-state index contributed by atoms with van der Waals surface area (Å²) in [4.78, 5) is 29.9. The molecule has 1 unspecified atom stereocenters. The molecular formula is C28H41N3O3. The van der Waals surface area contributed by atoms with E-state index in [-0.39, 0.29) is 5.91 Å². The number of aromatic nitrogens is 2. The number of aliphatic carboxylic acids is 1. The van der Waals surface area contributed by atoms with Gasteiger partial charge in [-0.1, -0.05) is 78.1 Å². The molecule has 1 atom stereocenters. The molecule has 0 spiro atoms. The molecule has 1 heterocycles. The summed E-state index contributed by atoms with van der Waals surface area (Å²) in [5.74, 6) is 1.42. The summed E-state index contributed by atoms with van der Waals surface area (Å²) in [7, 11) is 0. The lowest BCUT2D eigenvalue weighted by atomic mass is 9.85. The van der Waals surface area contributed by atoms with E-state index in [1.165, 1.54) is 38.5 Å². The van der Waals surface area contributed by atoms with Gasteiger partial charge in [-0.2, -0.15) is 0 Å². The number of fused-ring (bicyclic) bond motifs is 1. The highest BCUT2D eigenvalue weighted by molar-refractivity contribution is 5.99. The van der Waals surface area contributed by atoms with Gasteiger partial charge in [-0.25, -0.2) is 9.78 Å². The van der Waals surface area contributed by atoms with Crippen LogP contribution in [-0.2, 0) is 17.8 Å². The maximum absolute atomic E-state index is 13.0. The fourth-order valence-corrected chi connectivity index (χ4v) is 5.91. The first-order chi connectivity index (χ1) is 16.4. The van der Waals surface area contributed by atoms with Crippen LogP contribution >= 0.6 is 0 Å². The molecule has 6 heteroatoms. The summed E-state index contributed by atoms with van der Waals surface area (Å²) in [6, 6.07) is 4.80. The van der Waals surface area contributed by atoms with Crippen LogP contribution in [0, 0.1) is 17.8 Å². The highest BCUT2D eigenvalue weighted by atomic mass is 16.4. The molecule has 2 N–H and O–H groups in total. The molecule has 0 aliphatic heterocycles. The molecule has 6 nitrogen and oxygen atoms in total. The zero-order valence-electron chi connectivity index (χ0n) is 20.9. The van der Waals surface area contributed by atoms with Gasteiger partial charge in [-0.3, -0.25) is 4.79 Å². The van der Waals surface area contributed by atoms with Crippen molar-refractivity contribution in [2.45, 2.75) is 103 Å². The van der Waals surface area contributed by atoms with Crippen LogP contribution in [0.25, 0.3) is 11.0 Å². The smallest absolute Gasteiger partial charge is 0.326 e. The standard InChI is InChI=1S/C28H41N3O3/c1-19(2)18-31-25-14-13-22(17-23(25)29-26(31)16-21-11-7-4-8-12-21)27(32)30-24(28(33)34)15-20-9-5-3-6-10-20/h13-14,17,19-21,24H,3-12,15-16,18H2,1-2H3,(H,30,32)(H,33,34). The normalized spacial score (nSPS) is 18.9. The lowest BCUT2D eigenvalue weighted by Crippen LogP contribution is -2.42. The third-order valence-corrected chi connectivity index (χ3v) is 7.73. The first-order valence-electron chi connectivity index (χ1n) is 13.4. The van der Waals surface area contributed by atoms with Crippen molar-refractivity contribution in [3.63, 3.8) is 0 Å². The third-order valence-electron chi connectivity index (χ3n) is 7.73. The number of hydrogen-bond acceptors (Lipinski definition) is 3. The molecule has 186 valence electrons. The van der Waals surface area contributed by atoms with Gasteiger partial charge < -0.3 is 15.0 Å². The molecule has 2 fully saturated rings. The lowest BCUT2D eigenvalue weighted by molar-refractivity contribution is -0.139. The maximum Gasteiger partial charge on any atom is 0.326 e. The number of imidazole rings is 1. The van der Waals surface area contributed by atoms with Crippen LogP contribution in [0.1, 0.15) is 101 Å². The summed E-state index contributed by atoms with van der Waals surface area (Å²) in [6.45, 7) is 5.35. The van der Waals surface area contributed by atoms with Crippen molar-refractivity contribution >= 4 is 22.9 Å². The van der Waals surface area contributed by atoms with E-state index in [2.05, 4.69) is 23.7 Å². The maximum atomic E-state index is 13.0. The van der Waals surface area contributed by atoms with Gasteiger partial charge in [0.1, 0.15) is 11.9 Å². The van der Waals surface area contributed by atoms with E-state index in [1.54, 1.807) is 0 Å². The summed E-state index contributed by atoms with van der Waals surface area (Å²) in [5, 5.41) is 12.5. The van der Waals surface area contributed by atoms with Crippen molar-refractivity contribution in [3.8, 4) is 0 Å². The summed E-state index contributed by atoms with van der Waals surface area (Å²) in [6.07, 6.45) is 13.7. The van der Waals surface area contributed by atoms with Crippen molar-refractivity contribution in [2.75, 3.05) is 0 Å². The van der Waals surface area contributed by atoms with Crippen LogP contribution in [0.4, 0.5) is 0 Å². The van der Waals surface area contributed by atoms with Gasteiger partial charge in [0.05, 0.1) is 11.0 Å². The van der Waals surface area contributed by atoms with Gasteiger partial charge in [0, 0.05) is 18.5 Å². The minimum Gasteiger partial charge on any atom is -0.480 e. The Bertz CT molecular complexity index is 984. The summed E-state index contributed by atoms with van der Waals surface area (Å²) in [5.41, 5.74) is 2.38. The van der Waals surface area contributed by atoms with Crippen molar-refractivity contribution in [1.82, 2.24) is 14.9 Å². The van der Waals surface area contributed by atoms with Gasteiger partial charge in [0.2, 0.25) is 0 Å². The molecule has 1 aromatic carbocycles. The van der Waals surface area contributed by atoms with E-state index >= 15 is 0 Å². The zero-order valence-corrected chi connectivity index (χ0v) is 20.9. The number of carbonyl (C=O) groups is 2. The van der Waals surface area contributed by atoms with Crippen LogP contribution in [0.5, 0.6) is 0 Å². The average Bonchev–Trinajstić information content (AvgIpc) is 3.15. The highest BCUT2D eigenvalue weighted by Gasteiger charge is 2.26. The molecule has 0 saturated heterocycles. The van der Waals surface area contributed by atoms with Gasteiger partial charge in [-0.05, 0) is 42.4 Å². The SMILES string of the molecule is CC(C)Cn1c(CC2CCCCC2)nc2cc(C(=O)NC(CC3CCCCC3)C(=O)O)ccc21. The van der Waals surface area contributed by atoms with Crippen molar-refractivity contribution in [1.29, 1.82) is 0 Å². The van der Waals surface area contributed by atoms with E-state index in [0.717, 1.165) is 55.5 Å². The predicted octanol–water partition coefficient (Wildman–Crippen LogP) is 5.97. The van der Waals surface area contributed by atoms with Crippen molar-refractivity contribution in [3.05, 3.63) is 29.6 Å². The zero-order chi connectivity index (χ0) is 24.1. The fraction of sp³-hybridized carbons (Fsp3) is 0.679. The van der Waals surface area contributed by atoms with Gasteiger partial charge in [0.15, 0.2) is 0 Å². The van der Waals surface area contributed by atoms with E-state index in [1.807, 2.05) is 18.2 Å². The first-order valence-corrected chi connectivity index (χ1v) is 13.4. The number of benzene rings is 1. The van der Waals surface area contributed by atoms with Crippen LogP contribution in [-0.4, -0.2) is 32.6 Å². The van der Waals surface area contributed by atoms with E-state index in [4.69, 9.17) is 4.98 Å². The number of nitrogens with one attached hydrogen (secondary N) is 1. The molecule has 1 aromatic heterocycles. The Morgan fingerprint density at radius 1 is 1.03 bits per heavy atom. The van der Waals surface area contributed by atoms with Gasteiger partial charge in [-0.15, -0.1) is 0 Å². The topological polar surface area (TPSA) is 84.2 Å². The molecular weight excluding hydrogens is 426 g/mol. The number of carboxylic acids is 1. The van der Waals surface area contributed by atoms with Crippen molar-refractivity contribution in [2.24, 2.45) is 17.8 Å². The Labute approximate surface area is 203 Å². The minimum atomic E-state index is -0.948. The molecule has 2 aliphatic rings. The Kier molecular flexibility index (Phi) is 8.28. The molecule has 34 heavy (non-hydrogen) atoms. The van der Waals surface area contributed by atoms with Crippen LogP contribution in [0.15, 0.2) is 18.2 Å². The summed E-state index contributed by atoms with van der Waals surface area (Å²) >= 11 is 0. The Morgan fingerprint density at radius 2 is 1.68 bits per heavy atom. The Hall–Kier alpha value is -2.37. The Morgan fingerprint density at radius 3 is 2.29 bits per heavy atom. The van der Waals surface area contributed by atoms with Crippen LogP contribution < -0.4 is 5.32 Å². The molecule has 4 rings (SSSR count). The first kappa shape index (κ1) is 24.7. The number of nitrogens with zero attached hydrogens (tertiary/aromatic N) is 2. The second kappa shape index (κ2) is 11.4. The number of carboxylic acid groups (broad SMARTS) is 1. The van der Waals surface area contributed by atoms with Crippen LogP contribution in [0.3, 0.4) is 0 Å². The van der Waals surface area contributed by atoms with E-state index in [0.29, 0.717) is 29.7 Å².